The topological polar surface area (TPSA) is 65.4 Å². The zero-order chi connectivity index (χ0) is 19.3. The Morgan fingerprint density at radius 1 is 1.21 bits per heavy atom. The molecule has 2 aromatic carbocycles. The van der Waals surface area contributed by atoms with Crippen LogP contribution in [0.2, 0.25) is 0 Å². The standard InChI is InChI=1S/C21H21N3O3S/c1-2-10-24-17-7-4-3-6-16(17)23-21(24)28-14-20(25)22-15-8-9-18-19(13-15)27-12-5-11-26-18/h2-4,6-9,13H,1,5,10-12,14H2,(H,22,25). The van der Waals surface area contributed by atoms with Crippen LogP contribution in [0.4, 0.5) is 5.69 Å². The molecular formula is C21H21N3O3S. The molecule has 144 valence electrons. The van der Waals surface area contributed by atoms with Gasteiger partial charge in [-0.05, 0) is 24.3 Å². The number of imidazole rings is 1. The molecule has 0 fully saturated rings. The first-order chi connectivity index (χ1) is 13.7. The maximum Gasteiger partial charge on any atom is 0.234 e. The van der Waals surface area contributed by atoms with Crippen molar-refractivity contribution in [3.63, 3.8) is 0 Å². The van der Waals surface area contributed by atoms with E-state index in [9.17, 15) is 4.79 Å². The second-order valence-corrected chi connectivity index (χ2v) is 7.27. The summed E-state index contributed by atoms with van der Waals surface area (Å²) in [5, 5.41) is 3.72. The maximum atomic E-state index is 12.4. The van der Waals surface area contributed by atoms with Crippen molar-refractivity contribution >= 4 is 34.4 Å². The van der Waals surface area contributed by atoms with Gasteiger partial charge in [0.05, 0.1) is 30.0 Å². The van der Waals surface area contributed by atoms with E-state index in [4.69, 9.17) is 9.47 Å². The summed E-state index contributed by atoms with van der Waals surface area (Å²) >= 11 is 1.41. The molecule has 1 aliphatic rings. The molecular weight excluding hydrogens is 374 g/mol. The fourth-order valence-corrected chi connectivity index (χ4v) is 3.86. The molecule has 7 heteroatoms. The van der Waals surface area contributed by atoms with E-state index in [2.05, 4.69) is 21.4 Å². The van der Waals surface area contributed by atoms with Crippen LogP contribution in [-0.4, -0.2) is 34.4 Å². The summed E-state index contributed by atoms with van der Waals surface area (Å²) in [6.07, 6.45) is 2.68. The summed E-state index contributed by atoms with van der Waals surface area (Å²) in [7, 11) is 0. The van der Waals surface area contributed by atoms with Crippen LogP contribution in [-0.2, 0) is 11.3 Å². The van der Waals surface area contributed by atoms with Crippen LogP contribution in [0, 0.1) is 0 Å². The number of ether oxygens (including phenoxy) is 2. The van der Waals surface area contributed by atoms with Gasteiger partial charge in [-0.3, -0.25) is 4.79 Å². The number of benzene rings is 2. The van der Waals surface area contributed by atoms with E-state index >= 15 is 0 Å². The zero-order valence-corrected chi connectivity index (χ0v) is 16.2. The number of nitrogens with one attached hydrogen (secondary N) is 1. The van der Waals surface area contributed by atoms with Crippen LogP contribution in [0.3, 0.4) is 0 Å². The van der Waals surface area contributed by atoms with Crippen molar-refractivity contribution in [1.29, 1.82) is 0 Å². The molecule has 0 unspecified atom stereocenters. The average molecular weight is 395 g/mol. The van der Waals surface area contributed by atoms with Gasteiger partial charge in [-0.25, -0.2) is 4.98 Å². The zero-order valence-electron chi connectivity index (χ0n) is 15.4. The van der Waals surface area contributed by atoms with Crippen molar-refractivity contribution in [2.45, 2.75) is 18.1 Å². The molecule has 0 saturated carbocycles. The lowest BCUT2D eigenvalue weighted by atomic mass is 10.2. The summed E-state index contributed by atoms with van der Waals surface area (Å²) in [5.74, 6) is 1.53. The molecule has 1 amide bonds. The number of fused-ring (bicyclic) bond motifs is 2. The summed E-state index contributed by atoms with van der Waals surface area (Å²) in [4.78, 5) is 17.1. The normalized spacial score (nSPS) is 13.1. The largest absolute Gasteiger partial charge is 0.490 e. The number of anilines is 1. The molecule has 0 bridgehead atoms. The number of rotatable bonds is 6. The Morgan fingerprint density at radius 2 is 2.04 bits per heavy atom. The number of amides is 1. The lowest BCUT2D eigenvalue weighted by molar-refractivity contribution is -0.113. The highest BCUT2D eigenvalue weighted by Crippen LogP contribution is 2.32. The third-order valence-electron chi connectivity index (χ3n) is 4.29. The smallest absolute Gasteiger partial charge is 0.234 e. The molecule has 4 rings (SSSR count). The molecule has 2 heterocycles. The molecule has 0 spiro atoms. The number of nitrogens with zero attached hydrogens (tertiary/aromatic N) is 2. The highest BCUT2D eigenvalue weighted by Gasteiger charge is 2.14. The second-order valence-electron chi connectivity index (χ2n) is 6.33. The monoisotopic (exact) mass is 395 g/mol. The Balaban J connectivity index is 1.44. The van der Waals surface area contributed by atoms with E-state index in [-0.39, 0.29) is 11.7 Å². The van der Waals surface area contributed by atoms with Crippen LogP contribution in [0.15, 0.2) is 60.3 Å². The first-order valence-corrected chi connectivity index (χ1v) is 10.1. The van der Waals surface area contributed by atoms with Crippen LogP contribution < -0.4 is 14.8 Å². The average Bonchev–Trinajstić information content (AvgIpc) is 2.88. The number of carbonyl (C=O) groups is 1. The molecule has 28 heavy (non-hydrogen) atoms. The lowest BCUT2D eigenvalue weighted by Crippen LogP contribution is -2.14. The highest BCUT2D eigenvalue weighted by atomic mass is 32.2. The number of hydrogen-bond acceptors (Lipinski definition) is 5. The van der Waals surface area contributed by atoms with E-state index < -0.39 is 0 Å². The first kappa shape index (κ1) is 18.4. The van der Waals surface area contributed by atoms with E-state index in [1.165, 1.54) is 11.8 Å². The summed E-state index contributed by atoms with van der Waals surface area (Å²) in [6, 6.07) is 13.4. The van der Waals surface area contributed by atoms with E-state index in [1.807, 2.05) is 42.5 Å². The predicted molar refractivity (Wildman–Crippen MR) is 111 cm³/mol. The van der Waals surface area contributed by atoms with Crippen LogP contribution in [0.5, 0.6) is 11.5 Å². The summed E-state index contributed by atoms with van der Waals surface area (Å²) < 4.78 is 13.4. The fourth-order valence-electron chi connectivity index (χ4n) is 3.04. The highest BCUT2D eigenvalue weighted by molar-refractivity contribution is 7.99. The lowest BCUT2D eigenvalue weighted by Gasteiger charge is -2.10. The van der Waals surface area contributed by atoms with Gasteiger partial charge in [-0.2, -0.15) is 0 Å². The molecule has 1 aliphatic heterocycles. The predicted octanol–water partition coefficient (Wildman–Crippen LogP) is 4.11. The second kappa shape index (κ2) is 8.39. The number of aromatic nitrogens is 2. The molecule has 1 N–H and O–H groups in total. The molecule has 1 aromatic heterocycles. The number of carbonyl (C=O) groups excluding carboxylic acids is 1. The molecule has 0 atom stereocenters. The van der Waals surface area contributed by atoms with Gasteiger partial charge in [0, 0.05) is 24.7 Å². The first-order valence-electron chi connectivity index (χ1n) is 9.13. The molecule has 3 aromatic rings. The van der Waals surface area contributed by atoms with E-state index in [1.54, 1.807) is 6.07 Å². The van der Waals surface area contributed by atoms with Crippen molar-refractivity contribution in [1.82, 2.24) is 9.55 Å². The Kier molecular flexibility index (Phi) is 5.53. The summed E-state index contributed by atoms with van der Waals surface area (Å²) in [5.41, 5.74) is 2.64. The number of hydrogen-bond donors (Lipinski definition) is 1. The number of thioether (sulfide) groups is 1. The third-order valence-corrected chi connectivity index (χ3v) is 5.27. The van der Waals surface area contributed by atoms with Gasteiger partial charge in [0.1, 0.15) is 0 Å². The van der Waals surface area contributed by atoms with Crippen molar-refractivity contribution in [3.8, 4) is 11.5 Å². The van der Waals surface area contributed by atoms with Crippen molar-refractivity contribution in [2.24, 2.45) is 0 Å². The number of allylic oxidation sites excluding steroid dienone is 1. The quantitative estimate of drug-likeness (QED) is 0.503. The van der Waals surface area contributed by atoms with Gasteiger partial charge < -0.3 is 19.4 Å². The third kappa shape index (κ3) is 3.99. The molecule has 0 saturated heterocycles. The SMILES string of the molecule is C=CCn1c(SCC(=O)Nc2ccc3c(c2)OCCCO3)nc2ccccc21. The Morgan fingerprint density at radius 3 is 2.89 bits per heavy atom. The van der Waals surface area contributed by atoms with Crippen molar-refractivity contribution < 1.29 is 14.3 Å². The minimum atomic E-state index is -0.100. The van der Waals surface area contributed by atoms with Crippen molar-refractivity contribution in [2.75, 3.05) is 24.3 Å². The minimum Gasteiger partial charge on any atom is -0.490 e. The van der Waals surface area contributed by atoms with Gasteiger partial charge in [0.15, 0.2) is 16.7 Å². The van der Waals surface area contributed by atoms with Gasteiger partial charge in [-0.15, -0.1) is 6.58 Å². The number of para-hydroxylation sites is 2. The minimum absolute atomic E-state index is 0.100. The Bertz CT molecular complexity index is 1020. The van der Waals surface area contributed by atoms with Crippen LogP contribution in [0.25, 0.3) is 11.0 Å². The van der Waals surface area contributed by atoms with Crippen molar-refractivity contribution in [3.05, 3.63) is 55.1 Å². The molecule has 6 nitrogen and oxygen atoms in total. The van der Waals surface area contributed by atoms with Crippen LogP contribution in [0.1, 0.15) is 6.42 Å². The Hall–Kier alpha value is -2.93. The fraction of sp³-hybridized carbons (Fsp3) is 0.238. The maximum absolute atomic E-state index is 12.4. The Labute approximate surface area is 167 Å². The van der Waals surface area contributed by atoms with Gasteiger partial charge in [0.25, 0.3) is 0 Å². The van der Waals surface area contributed by atoms with Gasteiger partial charge in [-0.1, -0.05) is 30.0 Å². The molecule has 0 radical (unpaired) electrons. The van der Waals surface area contributed by atoms with Crippen LogP contribution >= 0.6 is 11.8 Å². The van der Waals surface area contributed by atoms with E-state index in [0.29, 0.717) is 36.9 Å². The molecule has 0 aliphatic carbocycles. The van der Waals surface area contributed by atoms with E-state index in [0.717, 1.165) is 22.6 Å². The van der Waals surface area contributed by atoms with Gasteiger partial charge in [0.2, 0.25) is 5.91 Å². The summed E-state index contributed by atoms with van der Waals surface area (Å²) in [6.45, 7) is 5.71. The van der Waals surface area contributed by atoms with Gasteiger partial charge >= 0.3 is 0 Å².